The number of nitrogens with zero attached hydrogens (tertiary/aromatic N) is 1. The Morgan fingerprint density at radius 3 is 2.29 bits per heavy atom. The van der Waals surface area contributed by atoms with Gasteiger partial charge < -0.3 is 16.0 Å². The van der Waals surface area contributed by atoms with Crippen molar-refractivity contribution >= 4 is 12.1 Å². The quantitative estimate of drug-likeness (QED) is 0.667. The molecule has 2 fully saturated rings. The average molecular weight is 335 g/mol. The number of nitrogens with one attached hydrogen (secondary N) is 4. The molecule has 0 bridgehead atoms. The lowest BCUT2D eigenvalue weighted by Gasteiger charge is -2.39. The summed E-state index contributed by atoms with van der Waals surface area (Å²) in [6.07, 6.45) is 0.846. The van der Waals surface area contributed by atoms with Gasteiger partial charge in [-0.2, -0.15) is 0 Å². The molecule has 0 saturated carbocycles. The number of imide groups is 1. The third-order valence-corrected chi connectivity index (χ3v) is 4.43. The van der Waals surface area contributed by atoms with Gasteiger partial charge in [-0.25, -0.2) is 18.9 Å². The molecule has 24 heavy (non-hydrogen) atoms. The van der Waals surface area contributed by atoms with Crippen LogP contribution in [0.3, 0.4) is 0 Å². The van der Waals surface area contributed by atoms with Crippen molar-refractivity contribution in [3.63, 3.8) is 0 Å². The van der Waals surface area contributed by atoms with Crippen molar-refractivity contribution < 1.29 is 14.0 Å². The monoisotopic (exact) mass is 335 g/mol. The first-order chi connectivity index (χ1) is 11.5. The highest BCUT2D eigenvalue weighted by Crippen LogP contribution is 2.16. The van der Waals surface area contributed by atoms with Crippen molar-refractivity contribution in [1.82, 2.24) is 26.2 Å². The van der Waals surface area contributed by atoms with Crippen molar-refractivity contribution in [3.05, 3.63) is 35.6 Å². The van der Waals surface area contributed by atoms with Crippen LogP contribution >= 0.6 is 0 Å². The molecular formula is C16H22FN5O2. The van der Waals surface area contributed by atoms with E-state index >= 15 is 0 Å². The number of amides is 4. The highest BCUT2D eigenvalue weighted by molar-refractivity contribution is 5.96. The van der Waals surface area contributed by atoms with Gasteiger partial charge in [-0.15, -0.1) is 0 Å². The van der Waals surface area contributed by atoms with E-state index in [1.165, 1.54) is 17.0 Å². The minimum absolute atomic E-state index is 0.0817. The Morgan fingerprint density at radius 2 is 1.71 bits per heavy atom. The zero-order valence-corrected chi connectivity index (χ0v) is 13.5. The minimum atomic E-state index is -0.664. The SMILES string of the molecule is CC(NC1NC(=O)N(C2CCNCC2)C(=O)N1)c1ccc(F)cc1. The van der Waals surface area contributed by atoms with Gasteiger partial charge in [-0.05, 0) is 50.6 Å². The molecule has 130 valence electrons. The van der Waals surface area contributed by atoms with Crippen LogP contribution in [0.5, 0.6) is 0 Å². The molecule has 1 atom stereocenters. The molecule has 0 aliphatic carbocycles. The van der Waals surface area contributed by atoms with Crippen LogP contribution in [0.1, 0.15) is 31.4 Å². The molecule has 1 unspecified atom stereocenters. The van der Waals surface area contributed by atoms with Gasteiger partial charge in [0.15, 0.2) is 6.29 Å². The van der Waals surface area contributed by atoms with E-state index in [-0.39, 0.29) is 17.9 Å². The van der Waals surface area contributed by atoms with Crippen LogP contribution in [-0.4, -0.2) is 42.4 Å². The van der Waals surface area contributed by atoms with Crippen LogP contribution < -0.4 is 21.3 Å². The third kappa shape index (κ3) is 3.65. The molecule has 0 spiro atoms. The lowest BCUT2D eigenvalue weighted by atomic mass is 10.1. The standard InChI is InChI=1S/C16H22FN5O2/c1-10(11-2-4-12(17)5-3-11)19-14-20-15(23)22(16(24)21-14)13-6-8-18-9-7-13/h2-5,10,13-14,18-19H,6-9H2,1H3,(H,20,23)(H,21,24). The van der Waals surface area contributed by atoms with Crippen LogP contribution in [0.15, 0.2) is 24.3 Å². The molecule has 1 aromatic rings. The van der Waals surface area contributed by atoms with Gasteiger partial charge in [-0.3, -0.25) is 5.32 Å². The van der Waals surface area contributed by atoms with Crippen molar-refractivity contribution in [3.8, 4) is 0 Å². The fraction of sp³-hybridized carbons (Fsp3) is 0.500. The molecule has 4 N–H and O–H groups in total. The fourth-order valence-electron chi connectivity index (χ4n) is 3.09. The van der Waals surface area contributed by atoms with Gasteiger partial charge in [0, 0.05) is 12.1 Å². The number of hydrogen-bond acceptors (Lipinski definition) is 4. The first-order valence-electron chi connectivity index (χ1n) is 8.17. The van der Waals surface area contributed by atoms with E-state index in [2.05, 4.69) is 21.3 Å². The molecule has 8 heteroatoms. The third-order valence-electron chi connectivity index (χ3n) is 4.43. The van der Waals surface area contributed by atoms with Gasteiger partial charge in [0.2, 0.25) is 0 Å². The summed E-state index contributed by atoms with van der Waals surface area (Å²) >= 11 is 0. The maximum atomic E-state index is 13.0. The molecular weight excluding hydrogens is 313 g/mol. The molecule has 2 heterocycles. The predicted octanol–water partition coefficient (Wildman–Crippen LogP) is 1.25. The number of carbonyl (C=O) groups excluding carboxylic acids is 2. The van der Waals surface area contributed by atoms with Crippen LogP contribution in [0.4, 0.5) is 14.0 Å². The van der Waals surface area contributed by atoms with E-state index < -0.39 is 18.4 Å². The summed E-state index contributed by atoms with van der Waals surface area (Å²) in [7, 11) is 0. The Labute approximate surface area is 140 Å². The summed E-state index contributed by atoms with van der Waals surface area (Å²) in [6.45, 7) is 3.47. The smallest absolute Gasteiger partial charge is 0.317 e. The van der Waals surface area contributed by atoms with E-state index in [1.807, 2.05) is 6.92 Å². The molecule has 0 radical (unpaired) electrons. The van der Waals surface area contributed by atoms with Crippen LogP contribution in [0, 0.1) is 5.82 Å². The zero-order valence-electron chi connectivity index (χ0n) is 13.5. The normalized spacial score (nSPS) is 21.3. The molecule has 2 aliphatic rings. The molecule has 2 saturated heterocycles. The Kier molecular flexibility index (Phi) is 4.96. The predicted molar refractivity (Wildman–Crippen MR) is 86.5 cm³/mol. The second kappa shape index (κ2) is 7.14. The minimum Gasteiger partial charge on any atom is -0.317 e. The molecule has 1 aromatic carbocycles. The maximum absolute atomic E-state index is 13.0. The highest BCUT2D eigenvalue weighted by atomic mass is 19.1. The molecule has 0 aromatic heterocycles. The first kappa shape index (κ1) is 16.7. The second-order valence-corrected chi connectivity index (χ2v) is 6.12. The summed E-state index contributed by atoms with van der Waals surface area (Å²) in [4.78, 5) is 25.9. The average Bonchev–Trinajstić information content (AvgIpc) is 2.55. The van der Waals surface area contributed by atoms with Crippen molar-refractivity contribution in [2.45, 2.75) is 38.1 Å². The summed E-state index contributed by atoms with van der Waals surface area (Å²) < 4.78 is 13.0. The number of hydrogen-bond donors (Lipinski definition) is 4. The zero-order chi connectivity index (χ0) is 17.1. The summed E-state index contributed by atoms with van der Waals surface area (Å²) in [5, 5.41) is 11.8. The van der Waals surface area contributed by atoms with Crippen molar-refractivity contribution in [2.75, 3.05) is 13.1 Å². The van der Waals surface area contributed by atoms with E-state index in [1.54, 1.807) is 12.1 Å². The summed E-state index contributed by atoms with van der Waals surface area (Å²) in [5.74, 6) is -0.303. The van der Waals surface area contributed by atoms with E-state index in [9.17, 15) is 14.0 Å². The number of urea groups is 2. The number of benzene rings is 1. The highest BCUT2D eigenvalue weighted by Gasteiger charge is 2.37. The largest absolute Gasteiger partial charge is 0.328 e. The van der Waals surface area contributed by atoms with Crippen LogP contribution in [0.25, 0.3) is 0 Å². The molecule has 7 nitrogen and oxygen atoms in total. The van der Waals surface area contributed by atoms with Gasteiger partial charge >= 0.3 is 12.1 Å². The van der Waals surface area contributed by atoms with Crippen molar-refractivity contribution in [1.29, 1.82) is 0 Å². The van der Waals surface area contributed by atoms with Gasteiger partial charge in [-0.1, -0.05) is 12.1 Å². The summed E-state index contributed by atoms with van der Waals surface area (Å²) in [6, 6.07) is 5.06. The van der Waals surface area contributed by atoms with E-state index in [4.69, 9.17) is 0 Å². The fourth-order valence-corrected chi connectivity index (χ4v) is 3.09. The molecule has 3 rings (SSSR count). The van der Waals surface area contributed by atoms with Crippen molar-refractivity contribution in [2.24, 2.45) is 0 Å². The van der Waals surface area contributed by atoms with Crippen LogP contribution in [-0.2, 0) is 0 Å². The van der Waals surface area contributed by atoms with Gasteiger partial charge in [0.25, 0.3) is 0 Å². The number of rotatable bonds is 4. The lowest BCUT2D eigenvalue weighted by molar-refractivity contribution is 0.132. The lowest BCUT2D eigenvalue weighted by Crippen LogP contribution is -2.70. The van der Waals surface area contributed by atoms with Gasteiger partial charge in [0.05, 0.1) is 0 Å². The number of halogens is 1. The topological polar surface area (TPSA) is 85.5 Å². The Morgan fingerprint density at radius 1 is 1.12 bits per heavy atom. The second-order valence-electron chi connectivity index (χ2n) is 6.12. The van der Waals surface area contributed by atoms with Gasteiger partial charge in [0.1, 0.15) is 5.82 Å². The Balaban J connectivity index is 1.60. The number of carbonyl (C=O) groups is 2. The number of piperidine rings is 1. The Hall–Kier alpha value is -2.19. The van der Waals surface area contributed by atoms with E-state index in [0.717, 1.165) is 31.5 Å². The molecule has 4 amide bonds. The van der Waals surface area contributed by atoms with Crippen LogP contribution in [0.2, 0.25) is 0 Å². The van der Waals surface area contributed by atoms with E-state index in [0.29, 0.717) is 0 Å². The maximum Gasteiger partial charge on any atom is 0.328 e. The molecule has 2 aliphatic heterocycles. The summed E-state index contributed by atoms with van der Waals surface area (Å²) in [5.41, 5.74) is 0.862. The first-order valence-corrected chi connectivity index (χ1v) is 8.17. The Bertz CT molecular complexity index is 585.